The molecule has 0 atom stereocenters. The number of benzene rings is 1. The van der Waals surface area contributed by atoms with E-state index in [9.17, 15) is 4.39 Å². The monoisotopic (exact) mass is 311 g/mol. The average molecular weight is 312 g/mol. The van der Waals surface area contributed by atoms with Crippen LogP contribution in [0.2, 0.25) is 0 Å². The van der Waals surface area contributed by atoms with Crippen molar-refractivity contribution in [2.45, 2.75) is 6.92 Å². The zero-order valence-corrected chi connectivity index (χ0v) is 11.1. The van der Waals surface area contributed by atoms with Gasteiger partial charge in [-0.1, -0.05) is 0 Å². The molecule has 0 fully saturated rings. The second-order valence-corrected chi connectivity index (χ2v) is 4.44. The van der Waals surface area contributed by atoms with E-state index in [-0.39, 0.29) is 5.82 Å². The number of nitrogen functional groups attached to an aromatic ring is 1. The summed E-state index contributed by atoms with van der Waals surface area (Å²) < 4.78 is 13.5. The Kier molecular flexibility index (Phi) is 3.73. The Morgan fingerprint density at radius 2 is 1.94 bits per heavy atom. The van der Waals surface area contributed by atoms with Crippen molar-refractivity contribution in [1.82, 2.24) is 9.97 Å². The lowest BCUT2D eigenvalue weighted by molar-refractivity contribution is 0.621. The van der Waals surface area contributed by atoms with Crippen LogP contribution in [0.5, 0.6) is 0 Å². The maximum absolute atomic E-state index is 13.1. The maximum atomic E-state index is 13.1. The zero-order chi connectivity index (χ0) is 13.1. The van der Waals surface area contributed by atoms with Crippen LogP contribution in [0.3, 0.4) is 0 Å². The number of nitrogens with one attached hydrogen (secondary N) is 2. The first kappa shape index (κ1) is 12.7. The van der Waals surface area contributed by atoms with Gasteiger partial charge in [0.1, 0.15) is 23.3 Å². The van der Waals surface area contributed by atoms with Crippen LogP contribution >= 0.6 is 15.9 Å². The van der Waals surface area contributed by atoms with Gasteiger partial charge in [0.25, 0.3) is 0 Å². The Morgan fingerprint density at radius 1 is 1.22 bits per heavy atom. The fourth-order valence-electron chi connectivity index (χ4n) is 1.43. The molecular weight excluding hydrogens is 301 g/mol. The summed E-state index contributed by atoms with van der Waals surface area (Å²) in [6, 6.07) is 6.27. The molecule has 18 heavy (non-hydrogen) atoms. The molecule has 7 heteroatoms. The van der Waals surface area contributed by atoms with E-state index in [4.69, 9.17) is 5.84 Å². The lowest BCUT2D eigenvalue weighted by Crippen LogP contribution is -2.10. The molecule has 0 aliphatic rings. The van der Waals surface area contributed by atoms with E-state index < -0.39 is 0 Å². The average Bonchev–Trinajstić information content (AvgIpc) is 2.33. The van der Waals surface area contributed by atoms with Crippen molar-refractivity contribution in [3.8, 4) is 0 Å². The molecule has 1 aromatic heterocycles. The lowest BCUT2D eigenvalue weighted by atomic mass is 10.3. The van der Waals surface area contributed by atoms with Crippen LogP contribution in [0.15, 0.2) is 28.7 Å². The molecule has 0 amide bonds. The quantitative estimate of drug-likeness (QED) is 0.600. The topological polar surface area (TPSA) is 75.9 Å². The number of rotatable bonds is 3. The van der Waals surface area contributed by atoms with E-state index in [1.807, 2.05) is 0 Å². The molecule has 4 N–H and O–H groups in total. The number of halogens is 2. The molecule has 0 aliphatic carbocycles. The Hall–Kier alpha value is -1.73. The molecule has 0 saturated heterocycles. The molecular formula is C11H11BrFN5. The van der Waals surface area contributed by atoms with Crippen LogP contribution in [-0.4, -0.2) is 9.97 Å². The molecule has 0 unspecified atom stereocenters. The van der Waals surface area contributed by atoms with Crippen LogP contribution in [-0.2, 0) is 0 Å². The predicted molar refractivity (Wildman–Crippen MR) is 72.0 cm³/mol. The molecule has 1 heterocycles. The Labute approximate surface area is 112 Å². The van der Waals surface area contributed by atoms with Crippen molar-refractivity contribution in [2.24, 2.45) is 5.84 Å². The van der Waals surface area contributed by atoms with Gasteiger partial charge in [0, 0.05) is 11.8 Å². The third-order valence-corrected chi connectivity index (χ3v) is 2.79. The van der Waals surface area contributed by atoms with Crippen molar-refractivity contribution in [1.29, 1.82) is 0 Å². The summed E-state index contributed by atoms with van der Waals surface area (Å²) in [4.78, 5) is 8.27. The van der Waals surface area contributed by atoms with Crippen molar-refractivity contribution in [3.05, 3.63) is 40.4 Å². The second kappa shape index (κ2) is 5.28. The Morgan fingerprint density at radius 3 is 2.61 bits per heavy atom. The van der Waals surface area contributed by atoms with Crippen LogP contribution in [0.1, 0.15) is 5.82 Å². The maximum Gasteiger partial charge on any atom is 0.145 e. The van der Waals surface area contributed by atoms with E-state index in [0.717, 1.165) is 0 Å². The number of aromatic nitrogens is 2. The fourth-order valence-corrected chi connectivity index (χ4v) is 1.81. The second-order valence-electron chi connectivity index (χ2n) is 3.58. The number of hydrogen-bond acceptors (Lipinski definition) is 5. The van der Waals surface area contributed by atoms with Crippen LogP contribution < -0.4 is 16.6 Å². The molecule has 5 nitrogen and oxygen atoms in total. The minimum absolute atomic E-state index is 0.316. The third kappa shape index (κ3) is 2.93. The highest BCUT2D eigenvalue weighted by Crippen LogP contribution is 2.23. The first-order valence-corrected chi connectivity index (χ1v) is 5.92. The summed E-state index contributed by atoms with van der Waals surface area (Å²) in [5, 5.41) is 3.04. The van der Waals surface area contributed by atoms with E-state index in [0.29, 0.717) is 27.6 Å². The van der Waals surface area contributed by atoms with Crippen molar-refractivity contribution >= 4 is 33.3 Å². The molecule has 0 radical (unpaired) electrons. The summed E-state index contributed by atoms with van der Waals surface area (Å²) in [7, 11) is 0. The van der Waals surface area contributed by atoms with Gasteiger partial charge in [-0.05, 0) is 41.1 Å². The molecule has 0 saturated carbocycles. The van der Waals surface area contributed by atoms with Gasteiger partial charge in [-0.25, -0.2) is 20.2 Å². The highest BCUT2D eigenvalue weighted by Gasteiger charge is 2.04. The van der Waals surface area contributed by atoms with Gasteiger partial charge in [0.2, 0.25) is 0 Å². The van der Waals surface area contributed by atoms with Gasteiger partial charge >= 0.3 is 0 Å². The predicted octanol–water partition coefficient (Wildman–Crippen LogP) is 2.72. The summed E-state index contributed by atoms with van der Waals surface area (Å²) >= 11 is 3.12. The number of hydrogen-bond donors (Lipinski definition) is 3. The summed E-state index contributed by atoms with van der Waals surface area (Å²) in [5.41, 5.74) is 3.17. The smallest absolute Gasteiger partial charge is 0.145 e. The zero-order valence-electron chi connectivity index (χ0n) is 9.54. The summed E-state index contributed by atoms with van der Waals surface area (Å²) in [6.45, 7) is 1.76. The van der Waals surface area contributed by atoms with E-state index in [1.54, 1.807) is 25.1 Å². The third-order valence-electron chi connectivity index (χ3n) is 2.18. The van der Waals surface area contributed by atoms with Gasteiger partial charge in [0.05, 0.1) is 4.47 Å². The van der Waals surface area contributed by atoms with Crippen LogP contribution in [0.25, 0.3) is 0 Å². The molecule has 0 spiro atoms. The highest BCUT2D eigenvalue weighted by atomic mass is 79.9. The number of nitrogens with zero attached hydrogens (tertiary/aromatic N) is 2. The summed E-state index contributed by atoms with van der Waals surface area (Å²) in [6.07, 6.45) is 0. The number of aryl methyl sites for hydroxylation is 1. The SMILES string of the molecule is Cc1nc(NN)cc(Nc2ccc(F)c(Br)c2)n1. The first-order chi connectivity index (χ1) is 8.58. The van der Waals surface area contributed by atoms with Crippen LogP contribution in [0.4, 0.5) is 21.7 Å². The van der Waals surface area contributed by atoms with E-state index in [2.05, 4.69) is 36.6 Å². The van der Waals surface area contributed by atoms with Crippen LogP contribution in [0, 0.1) is 12.7 Å². The molecule has 2 aromatic rings. The minimum atomic E-state index is -0.316. The van der Waals surface area contributed by atoms with Gasteiger partial charge in [0.15, 0.2) is 0 Å². The molecule has 0 aliphatic heterocycles. The number of hydrazine groups is 1. The summed E-state index contributed by atoms with van der Waals surface area (Å²) in [5.74, 6) is 6.65. The number of anilines is 3. The van der Waals surface area contributed by atoms with Crippen molar-refractivity contribution < 1.29 is 4.39 Å². The molecule has 94 valence electrons. The van der Waals surface area contributed by atoms with Gasteiger partial charge in [-0.3, -0.25) is 0 Å². The van der Waals surface area contributed by atoms with Crippen molar-refractivity contribution in [3.63, 3.8) is 0 Å². The molecule has 0 bridgehead atoms. The van der Waals surface area contributed by atoms with E-state index in [1.165, 1.54) is 6.07 Å². The fraction of sp³-hybridized carbons (Fsp3) is 0.0909. The van der Waals surface area contributed by atoms with Gasteiger partial charge < -0.3 is 10.7 Å². The first-order valence-electron chi connectivity index (χ1n) is 5.13. The highest BCUT2D eigenvalue weighted by molar-refractivity contribution is 9.10. The minimum Gasteiger partial charge on any atom is -0.340 e. The van der Waals surface area contributed by atoms with E-state index >= 15 is 0 Å². The van der Waals surface area contributed by atoms with Crippen molar-refractivity contribution in [2.75, 3.05) is 10.7 Å². The molecule has 1 aromatic carbocycles. The molecule has 2 rings (SSSR count). The Bertz CT molecular complexity index is 575. The number of nitrogens with two attached hydrogens (primary N) is 1. The van der Waals surface area contributed by atoms with Gasteiger partial charge in [-0.15, -0.1) is 0 Å². The standard InChI is InChI=1S/C11H11BrFN5/c1-6-15-10(5-11(16-6)18-14)17-7-2-3-9(13)8(12)4-7/h2-5H,14H2,1H3,(H2,15,16,17,18). The normalized spacial score (nSPS) is 10.2. The largest absolute Gasteiger partial charge is 0.340 e. The Balaban J connectivity index is 2.27. The van der Waals surface area contributed by atoms with Gasteiger partial charge in [-0.2, -0.15) is 0 Å². The lowest BCUT2D eigenvalue weighted by Gasteiger charge is -2.08.